The molecular formula is C14H18ClFN2O2. The molecule has 20 heavy (non-hydrogen) atoms. The lowest BCUT2D eigenvalue weighted by Crippen LogP contribution is -2.54. The molecule has 110 valence electrons. The number of hydrogen-bond donors (Lipinski definition) is 1. The molecule has 0 saturated carbocycles. The molecule has 0 bridgehead atoms. The molecule has 1 fully saturated rings. The number of esters is 1. The van der Waals surface area contributed by atoms with Gasteiger partial charge in [-0.1, -0.05) is 17.7 Å². The number of carbonyl (C=O) groups is 1. The van der Waals surface area contributed by atoms with Crippen LogP contribution in [0.2, 0.25) is 5.02 Å². The smallest absolute Gasteiger partial charge is 0.324 e. The predicted octanol–water partition coefficient (Wildman–Crippen LogP) is 1.82. The summed E-state index contributed by atoms with van der Waals surface area (Å²) in [5, 5.41) is 3.56. The van der Waals surface area contributed by atoms with Gasteiger partial charge in [0.15, 0.2) is 0 Å². The number of carbonyl (C=O) groups excluding carboxylic acids is 1. The monoisotopic (exact) mass is 300 g/mol. The molecule has 1 atom stereocenters. The van der Waals surface area contributed by atoms with Gasteiger partial charge in [0.25, 0.3) is 0 Å². The third-order valence-electron chi connectivity index (χ3n) is 3.30. The summed E-state index contributed by atoms with van der Waals surface area (Å²) >= 11 is 6.04. The number of nitrogens with zero attached hydrogens (tertiary/aromatic N) is 1. The average Bonchev–Trinajstić information content (AvgIpc) is 2.43. The minimum Gasteiger partial charge on any atom is -0.465 e. The Morgan fingerprint density at radius 3 is 3.10 bits per heavy atom. The summed E-state index contributed by atoms with van der Waals surface area (Å²) < 4.78 is 18.1. The van der Waals surface area contributed by atoms with E-state index in [0.29, 0.717) is 24.7 Å². The molecule has 1 aromatic carbocycles. The second-order valence-corrected chi connectivity index (χ2v) is 5.09. The van der Waals surface area contributed by atoms with Crippen molar-refractivity contribution in [2.75, 3.05) is 26.2 Å². The average molecular weight is 301 g/mol. The van der Waals surface area contributed by atoms with Crippen molar-refractivity contribution in [3.05, 3.63) is 34.6 Å². The van der Waals surface area contributed by atoms with Gasteiger partial charge in [-0.15, -0.1) is 0 Å². The number of hydrogen-bond acceptors (Lipinski definition) is 4. The van der Waals surface area contributed by atoms with E-state index in [4.69, 9.17) is 16.3 Å². The van der Waals surface area contributed by atoms with E-state index in [9.17, 15) is 9.18 Å². The van der Waals surface area contributed by atoms with Crippen LogP contribution >= 0.6 is 11.6 Å². The topological polar surface area (TPSA) is 41.6 Å². The van der Waals surface area contributed by atoms with Crippen LogP contribution in [-0.4, -0.2) is 43.2 Å². The van der Waals surface area contributed by atoms with Crippen molar-refractivity contribution in [2.24, 2.45) is 0 Å². The summed E-state index contributed by atoms with van der Waals surface area (Å²) in [6.07, 6.45) is 0. The predicted molar refractivity (Wildman–Crippen MR) is 75.1 cm³/mol. The molecule has 1 aliphatic heterocycles. The van der Waals surface area contributed by atoms with Crippen LogP contribution in [0, 0.1) is 5.82 Å². The minimum atomic E-state index is -0.360. The zero-order chi connectivity index (χ0) is 14.5. The number of rotatable bonds is 4. The Kier molecular flexibility index (Phi) is 5.34. The summed E-state index contributed by atoms with van der Waals surface area (Å²) in [5.41, 5.74) is 0.810. The Balaban J connectivity index is 2.10. The standard InChI is InChI=1S/C14H18ClFN2O2/c1-2-20-14(19)13-8-17-5-6-18(13)9-10-3-4-11(16)7-12(10)15/h3-4,7,13,17H,2,5-6,8-9H2,1H3. The van der Waals surface area contributed by atoms with Crippen LogP contribution in [0.4, 0.5) is 4.39 Å². The van der Waals surface area contributed by atoms with Gasteiger partial charge in [0, 0.05) is 31.2 Å². The number of nitrogens with one attached hydrogen (secondary N) is 1. The molecule has 1 aliphatic rings. The first-order valence-corrected chi connectivity index (χ1v) is 7.05. The first-order valence-electron chi connectivity index (χ1n) is 6.67. The highest BCUT2D eigenvalue weighted by atomic mass is 35.5. The normalized spacial score (nSPS) is 19.9. The molecular weight excluding hydrogens is 283 g/mol. The first-order chi connectivity index (χ1) is 9.61. The fraction of sp³-hybridized carbons (Fsp3) is 0.500. The van der Waals surface area contributed by atoms with E-state index >= 15 is 0 Å². The summed E-state index contributed by atoms with van der Waals surface area (Å²) in [6, 6.07) is 3.99. The van der Waals surface area contributed by atoms with Crippen LogP contribution in [0.1, 0.15) is 12.5 Å². The van der Waals surface area contributed by atoms with Crippen molar-refractivity contribution >= 4 is 17.6 Å². The summed E-state index contributed by atoms with van der Waals surface area (Å²) in [7, 11) is 0. The van der Waals surface area contributed by atoms with Crippen LogP contribution in [0.25, 0.3) is 0 Å². The first kappa shape index (κ1) is 15.2. The Morgan fingerprint density at radius 2 is 2.40 bits per heavy atom. The van der Waals surface area contributed by atoms with Crippen LogP contribution in [0.5, 0.6) is 0 Å². The number of benzene rings is 1. The van der Waals surface area contributed by atoms with Gasteiger partial charge in [-0.05, 0) is 24.6 Å². The lowest BCUT2D eigenvalue weighted by Gasteiger charge is -2.34. The van der Waals surface area contributed by atoms with E-state index in [1.165, 1.54) is 12.1 Å². The number of ether oxygens (including phenoxy) is 1. The molecule has 1 heterocycles. The molecule has 0 amide bonds. The van der Waals surface area contributed by atoms with Crippen molar-refractivity contribution in [1.82, 2.24) is 10.2 Å². The maximum atomic E-state index is 13.0. The van der Waals surface area contributed by atoms with Gasteiger partial charge in [-0.25, -0.2) is 4.39 Å². The molecule has 0 spiro atoms. The van der Waals surface area contributed by atoms with E-state index in [-0.39, 0.29) is 17.8 Å². The largest absolute Gasteiger partial charge is 0.465 e. The van der Waals surface area contributed by atoms with Crippen molar-refractivity contribution in [3.63, 3.8) is 0 Å². The molecule has 1 saturated heterocycles. The van der Waals surface area contributed by atoms with Gasteiger partial charge in [0.2, 0.25) is 0 Å². The zero-order valence-electron chi connectivity index (χ0n) is 11.4. The minimum absolute atomic E-state index is 0.238. The zero-order valence-corrected chi connectivity index (χ0v) is 12.1. The fourth-order valence-corrected chi connectivity index (χ4v) is 2.50. The molecule has 6 heteroatoms. The van der Waals surface area contributed by atoms with Crippen molar-refractivity contribution < 1.29 is 13.9 Å². The van der Waals surface area contributed by atoms with Gasteiger partial charge >= 0.3 is 5.97 Å². The van der Waals surface area contributed by atoms with E-state index in [2.05, 4.69) is 5.32 Å². The van der Waals surface area contributed by atoms with E-state index in [1.807, 2.05) is 4.90 Å². The van der Waals surface area contributed by atoms with Gasteiger partial charge in [-0.3, -0.25) is 9.69 Å². The summed E-state index contributed by atoms with van der Waals surface area (Å²) in [4.78, 5) is 13.9. The molecule has 1 aromatic rings. The third kappa shape index (κ3) is 3.69. The second-order valence-electron chi connectivity index (χ2n) is 4.68. The Morgan fingerprint density at radius 1 is 1.60 bits per heavy atom. The quantitative estimate of drug-likeness (QED) is 0.861. The van der Waals surface area contributed by atoms with E-state index < -0.39 is 0 Å². The van der Waals surface area contributed by atoms with Crippen LogP contribution in [0.3, 0.4) is 0 Å². The van der Waals surface area contributed by atoms with Gasteiger partial charge < -0.3 is 10.1 Å². The van der Waals surface area contributed by atoms with Crippen molar-refractivity contribution in [1.29, 1.82) is 0 Å². The van der Waals surface area contributed by atoms with Gasteiger partial charge in [0.05, 0.1) is 6.61 Å². The molecule has 1 N–H and O–H groups in total. The van der Waals surface area contributed by atoms with Crippen LogP contribution in [0.15, 0.2) is 18.2 Å². The second kappa shape index (κ2) is 7.02. The third-order valence-corrected chi connectivity index (χ3v) is 3.65. The molecule has 0 radical (unpaired) electrons. The SMILES string of the molecule is CCOC(=O)C1CNCCN1Cc1ccc(F)cc1Cl. The highest BCUT2D eigenvalue weighted by Crippen LogP contribution is 2.20. The fourth-order valence-electron chi connectivity index (χ4n) is 2.28. The number of halogens is 2. The lowest BCUT2D eigenvalue weighted by atomic mass is 10.1. The highest BCUT2D eigenvalue weighted by Gasteiger charge is 2.30. The maximum Gasteiger partial charge on any atom is 0.324 e. The van der Waals surface area contributed by atoms with E-state index in [0.717, 1.165) is 18.7 Å². The maximum absolute atomic E-state index is 13.0. The molecule has 4 nitrogen and oxygen atoms in total. The van der Waals surface area contributed by atoms with E-state index in [1.54, 1.807) is 13.0 Å². The summed E-state index contributed by atoms with van der Waals surface area (Å²) in [5.74, 6) is -0.598. The number of piperazine rings is 1. The lowest BCUT2D eigenvalue weighted by molar-refractivity contribution is -0.150. The molecule has 1 unspecified atom stereocenters. The van der Waals surface area contributed by atoms with Crippen LogP contribution < -0.4 is 5.32 Å². The molecule has 0 aliphatic carbocycles. The van der Waals surface area contributed by atoms with Crippen LogP contribution in [-0.2, 0) is 16.1 Å². The Bertz CT molecular complexity index is 484. The Hall–Kier alpha value is -1.17. The highest BCUT2D eigenvalue weighted by molar-refractivity contribution is 6.31. The Labute approximate surface area is 122 Å². The van der Waals surface area contributed by atoms with Crippen molar-refractivity contribution in [2.45, 2.75) is 19.5 Å². The van der Waals surface area contributed by atoms with Gasteiger partial charge in [0.1, 0.15) is 11.9 Å². The molecule has 2 rings (SSSR count). The van der Waals surface area contributed by atoms with Gasteiger partial charge in [-0.2, -0.15) is 0 Å². The van der Waals surface area contributed by atoms with Crippen molar-refractivity contribution in [3.8, 4) is 0 Å². The molecule has 0 aromatic heterocycles. The summed E-state index contributed by atoms with van der Waals surface area (Å²) in [6.45, 7) is 4.73.